The zero-order valence-electron chi connectivity index (χ0n) is 10.0. The molecule has 0 aliphatic heterocycles. The summed E-state index contributed by atoms with van der Waals surface area (Å²) in [6.45, 7) is 0. The van der Waals surface area contributed by atoms with Crippen LogP contribution in [0.3, 0.4) is 0 Å². The van der Waals surface area contributed by atoms with Crippen LogP contribution in [0.1, 0.15) is 15.9 Å². The molecule has 0 atom stereocenters. The van der Waals surface area contributed by atoms with Gasteiger partial charge in [0.2, 0.25) is 0 Å². The summed E-state index contributed by atoms with van der Waals surface area (Å²) in [5.74, 6) is 0.875. The molecule has 1 heterocycles. The van der Waals surface area contributed by atoms with Gasteiger partial charge in [0, 0.05) is 11.8 Å². The second kappa shape index (κ2) is 7.34. The molecule has 0 fully saturated rings. The molecular formula is C14H14BrNOS. The van der Waals surface area contributed by atoms with Crippen molar-refractivity contribution >= 4 is 18.0 Å². The van der Waals surface area contributed by atoms with E-state index in [-0.39, 0.29) is 17.0 Å². The number of benzene rings is 1. The number of nitrogens with zero attached hydrogens (tertiary/aromatic N) is 1. The minimum Gasteiger partial charge on any atom is -1.00 e. The second-order valence-electron chi connectivity index (χ2n) is 3.77. The van der Waals surface area contributed by atoms with Gasteiger partial charge in [0.05, 0.1) is 5.56 Å². The van der Waals surface area contributed by atoms with E-state index in [0.717, 1.165) is 22.6 Å². The van der Waals surface area contributed by atoms with Gasteiger partial charge in [0.1, 0.15) is 7.05 Å². The van der Waals surface area contributed by atoms with Gasteiger partial charge >= 0.3 is 0 Å². The van der Waals surface area contributed by atoms with Crippen LogP contribution in [0, 0.1) is 0 Å². The fraction of sp³-hybridized carbons (Fsp3) is 0.143. The summed E-state index contributed by atoms with van der Waals surface area (Å²) in [4.78, 5) is 11.0. The van der Waals surface area contributed by atoms with Crippen LogP contribution in [0.4, 0.5) is 0 Å². The first-order chi connectivity index (χ1) is 8.31. The van der Waals surface area contributed by atoms with Gasteiger partial charge < -0.3 is 17.0 Å². The Kier molecular flexibility index (Phi) is 6.09. The lowest BCUT2D eigenvalue weighted by Gasteiger charge is -2.02. The monoisotopic (exact) mass is 323 g/mol. The number of hydrogen-bond donors (Lipinski definition) is 0. The Bertz CT molecular complexity index is 516. The van der Waals surface area contributed by atoms with E-state index in [9.17, 15) is 4.79 Å². The number of thioether (sulfide) groups is 1. The van der Waals surface area contributed by atoms with Crippen molar-refractivity contribution in [3.05, 3.63) is 59.8 Å². The summed E-state index contributed by atoms with van der Waals surface area (Å²) < 4.78 is 1.98. The van der Waals surface area contributed by atoms with E-state index in [4.69, 9.17) is 0 Å². The molecule has 0 amide bonds. The van der Waals surface area contributed by atoms with Crippen LogP contribution in [0.5, 0.6) is 0 Å². The van der Waals surface area contributed by atoms with Gasteiger partial charge in [-0.25, -0.2) is 0 Å². The number of carbonyl (C=O) groups excluding carboxylic acids is 1. The van der Waals surface area contributed by atoms with E-state index in [2.05, 4.69) is 12.1 Å². The van der Waals surface area contributed by atoms with Crippen molar-refractivity contribution in [3.63, 3.8) is 0 Å². The summed E-state index contributed by atoms with van der Waals surface area (Å²) in [5.41, 5.74) is 2.01. The van der Waals surface area contributed by atoms with Crippen LogP contribution in [-0.4, -0.2) is 6.29 Å². The number of hydrogen-bond acceptors (Lipinski definition) is 2. The molecule has 0 N–H and O–H groups in total. The molecule has 1 aromatic heterocycles. The zero-order valence-corrected chi connectivity index (χ0v) is 12.4. The van der Waals surface area contributed by atoms with Gasteiger partial charge in [0.25, 0.3) is 5.03 Å². The number of carbonyl (C=O) groups is 1. The number of aryl methyl sites for hydroxylation is 1. The van der Waals surface area contributed by atoms with Crippen LogP contribution in [-0.2, 0) is 12.8 Å². The first-order valence-corrected chi connectivity index (χ1v) is 6.40. The maximum Gasteiger partial charge on any atom is 0.250 e. The molecule has 0 aliphatic carbocycles. The molecule has 0 spiro atoms. The molecule has 4 heteroatoms. The van der Waals surface area contributed by atoms with Crippen molar-refractivity contribution in [2.75, 3.05) is 0 Å². The number of rotatable bonds is 4. The van der Waals surface area contributed by atoms with Crippen molar-refractivity contribution in [2.45, 2.75) is 10.8 Å². The highest BCUT2D eigenvalue weighted by molar-refractivity contribution is 7.98. The van der Waals surface area contributed by atoms with Crippen LogP contribution >= 0.6 is 11.8 Å². The summed E-state index contributed by atoms with van der Waals surface area (Å²) in [5, 5.41) is 1.01. The van der Waals surface area contributed by atoms with Crippen LogP contribution < -0.4 is 21.5 Å². The third-order valence-electron chi connectivity index (χ3n) is 2.50. The lowest BCUT2D eigenvalue weighted by Crippen LogP contribution is -3.00. The molecule has 2 aromatic rings. The van der Waals surface area contributed by atoms with Gasteiger partial charge in [-0.05, 0) is 11.6 Å². The average Bonchev–Trinajstić information content (AvgIpc) is 2.38. The normalized spacial score (nSPS) is 9.61. The molecule has 0 radical (unpaired) electrons. The Morgan fingerprint density at radius 2 is 1.89 bits per heavy atom. The smallest absolute Gasteiger partial charge is 0.250 e. The largest absolute Gasteiger partial charge is 1.00 e. The molecule has 0 saturated heterocycles. The highest BCUT2D eigenvalue weighted by atomic mass is 79.9. The molecule has 94 valence electrons. The summed E-state index contributed by atoms with van der Waals surface area (Å²) >= 11 is 1.68. The molecule has 0 unspecified atom stereocenters. The van der Waals surface area contributed by atoms with Gasteiger partial charge in [-0.2, -0.15) is 4.57 Å². The first kappa shape index (κ1) is 14.9. The Balaban J connectivity index is 0.00000162. The van der Waals surface area contributed by atoms with Crippen molar-refractivity contribution in [3.8, 4) is 0 Å². The topological polar surface area (TPSA) is 20.9 Å². The molecule has 0 bridgehead atoms. The van der Waals surface area contributed by atoms with Crippen molar-refractivity contribution in [1.82, 2.24) is 0 Å². The van der Waals surface area contributed by atoms with Crippen LogP contribution in [0.15, 0.2) is 53.7 Å². The van der Waals surface area contributed by atoms with Gasteiger partial charge in [0.15, 0.2) is 12.5 Å². The quantitative estimate of drug-likeness (QED) is 0.434. The number of halogens is 1. The van der Waals surface area contributed by atoms with E-state index in [0.29, 0.717) is 0 Å². The molecule has 18 heavy (non-hydrogen) atoms. The first-order valence-electron chi connectivity index (χ1n) is 5.42. The average molecular weight is 324 g/mol. The third-order valence-corrected chi connectivity index (χ3v) is 3.77. The minimum absolute atomic E-state index is 0. The molecule has 1 aromatic carbocycles. The fourth-order valence-corrected chi connectivity index (χ4v) is 2.66. The van der Waals surface area contributed by atoms with Gasteiger partial charge in [-0.3, -0.25) is 4.79 Å². The number of aromatic nitrogens is 1. The highest BCUT2D eigenvalue weighted by Gasteiger charge is 2.12. The van der Waals surface area contributed by atoms with E-state index in [1.807, 2.05) is 48.1 Å². The third kappa shape index (κ3) is 3.68. The molecule has 0 saturated carbocycles. The SMILES string of the molecule is C[n+]1cccc(C=O)c1SCc1ccccc1.[Br-]. The maximum absolute atomic E-state index is 11.0. The number of aldehydes is 1. The van der Waals surface area contributed by atoms with Gasteiger partial charge in [-0.15, -0.1) is 0 Å². The highest BCUT2D eigenvalue weighted by Crippen LogP contribution is 2.21. The van der Waals surface area contributed by atoms with Crippen molar-refractivity contribution < 1.29 is 26.3 Å². The summed E-state index contributed by atoms with van der Waals surface area (Å²) in [6, 6.07) is 14.0. The second-order valence-corrected chi connectivity index (χ2v) is 4.74. The predicted octanol–water partition coefficient (Wildman–Crippen LogP) is -0.380. The standard InChI is InChI=1S/C14H14NOS.BrH/c1-15-9-5-8-13(10-16)14(15)17-11-12-6-3-2-4-7-12;/h2-10H,11H2,1H3;1H/q+1;/p-1. The molecule has 0 aliphatic rings. The van der Waals surface area contributed by atoms with E-state index < -0.39 is 0 Å². The Labute approximate surface area is 122 Å². The predicted molar refractivity (Wildman–Crippen MR) is 69.0 cm³/mol. The molecule has 2 rings (SSSR count). The maximum atomic E-state index is 11.0. The minimum atomic E-state index is 0. The lowest BCUT2D eigenvalue weighted by atomic mass is 10.2. The van der Waals surface area contributed by atoms with Gasteiger partial charge in [-0.1, -0.05) is 42.1 Å². The van der Waals surface area contributed by atoms with E-state index in [1.165, 1.54) is 5.56 Å². The van der Waals surface area contributed by atoms with Crippen molar-refractivity contribution in [1.29, 1.82) is 0 Å². The van der Waals surface area contributed by atoms with Crippen LogP contribution in [0.25, 0.3) is 0 Å². The molecule has 2 nitrogen and oxygen atoms in total. The van der Waals surface area contributed by atoms with E-state index >= 15 is 0 Å². The fourth-order valence-electron chi connectivity index (χ4n) is 1.62. The lowest BCUT2D eigenvalue weighted by molar-refractivity contribution is -0.709. The number of pyridine rings is 1. The zero-order chi connectivity index (χ0) is 12.1. The Hall–Kier alpha value is -1.13. The Morgan fingerprint density at radius 3 is 2.56 bits per heavy atom. The summed E-state index contributed by atoms with van der Waals surface area (Å²) in [7, 11) is 1.96. The van der Waals surface area contributed by atoms with E-state index in [1.54, 1.807) is 11.8 Å². The Morgan fingerprint density at radius 1 is 1.17 bits per heavy atom. The molecular weight excluding hydrogens is 310 g/mol. The van der Waals surface area contributed by atoms with Crippen LogP contribution in [0.2, 0.25) is 0 Å². The van der Waals surface area contributed by atoms with Crippen molar-refractivity contribution in [2.24, 2.45) is 7.05 Å². The summed E-state index contributed by atoms with van der Waals surface area (Å²) in [6.07, 6.45) is 2.87.